The minimum Gasteiger partial charge on any atom is -0.212 e. The number of rotatable bonds is 2. The van der Waals surface area contributed by atoms with Crippen molar-refractivity contribution in [1.29, 1.82) is 5.26 Å². The third-order valence-electron chi connectivity index (χ3n) is 3.61. The molecule has 0 aliphatic carbocycles. The van der Waals surface area contributed by atoms with E-state index in [9.17, 15) is 0 Å². The Kier molecular flexibility index (Phi) is 4.09. The molecule has 118 valence electrons. The lowest BCUT2D eigenvalue weighted by Gasteiger charge is -2.18. The zero-order chi connectivity index (χ0) is 17.2. The lowest BCUT2D eigenvalue weighted by Crippen LogP contribution is -2.18. The Morgan fingerprint density at radius 1 is 0.750 bits per heavy atom. The second-order valence-electron chi connectivity index (χ2n) is 6.61. The first-order valence-electron chi connectivity index (χ1n) is 7.80. The molecule has 24 heavy (non-hydrogen) atoms. The number of hydrogen-bond acceptors (Lipinski definition) is 4. The highest BCUT2D eigenvalue weighted by Gasteiger charge is 2.20. The maximum atomic E-state index is 8.95. The third-order valence-corrected chi connectivity index (χ3v) is 3.61. The molecule has 0 saturated heterocycles. The van der Waals surface area contributed by atoms with Gasteiger partial charge in [0.2, 0.25) is 0 Å². The summed E-state index contributed by atoms with van der Waals surface area (Å²) in [4.78, 5) is 13.9. The van der Waals surface area contributed by atoms with E-state index in [1.54, 1.807) is 12.1 Å². The van der Waals surface area contributed by atoms with Gasteiger partial charge in [-0.25, -0.2) is 15.0 Å². The van der Waals surface area contributed by atoms with E-state index in [1.807, 2.05) is 42.5 Å². The summed E-state index contributed by atoms with van der Waals surface area (Å²) < 4.78 is 0. The van der Waals surface area contributed by atoms with Crippen LogP contribution in [0, 0.1) is 11.3 Å². The van der Waals surface area contributed by atoms with Crippen LogP contribution in [0.25, 0.3) is 22.8 Å². The van der Waals surface area contributed by atoms with Crippen molar-refractivity contribution >= 4 is 0 Å². The molecule has 4 heteroatoms. The van der Waals surface area contributed by atoms with Crippen LogP contribution in [0.1, 0.15) is 32.2 Å². The van der Waals surface area contributed by atoms with Crippen LogP contribution in [-0.4, -0.2) is 15.0 Å². The van der Waals surface area contributed by atoms with Crippen molar-refractivity contribution < 1.29 is 0 Å². The predicted octanol–water partition coefficient (Wildman–Crippen LogP) is 4.37. The molecule has 1 aromatic heterocycles. The van der Waals surface area contributed by atoms with Crippen LogP contribution in [0.3, 0.4) is 0 Å². The Balaban J connectivity index is 2.16. The Bertz CT molecular complexity index is 886. The van der Waals surface area contributed by atoms with E-state index >= 15 is 0 Å². The number of aromatic nitrogens is 3. The lowest BCUT2D eigenvalue weighted by atomic mass is 9.95. The van der Waals surface area contributed by atoms with Gasteiger partial charge in [-0.3, -0.25) is 0 Å². The van der Waals surface area contributed by atoms with Crippen LogP contribution in [0.15, 0.2) is 54.6 Å². The summed E-state index contributed by atoms with van der Waals surface area (Å²) in [5, 5.41) is 8.95. The van der Waals surface area contributed by atoms with Crippen molar-refractivity contribution in [3.05, 3.63) is 66.0 Å². The molecule has 3 aromatic rings. The van der Waals surface area contributed by atoms with Crippen LogP contribution in [0.4, 0.5) is 0 Å². The second-order valence-corrected chi connectivity index (χ2v) is 6.61. The van der Waals surface area contributed by atoms with Gasteiger partial charge in [0.15, 0.2) is 11.6 Å². The van der Waals surface area contributed by atoms with Crippen LogP contribution in [-0.2, 0) is 5.41 Å². The van der Waals surface area contributed by atoms with Crippen LogP contribution < -0.4 is 0 Å². The fourth-order valence-electron chi connectivity index (χ4n) is 2.25. The van der Waals surface area contributed by atoms with E-state index < -0.39 is 0 Å². The van der Waals surface area contributed by atoms with Crippen molar-refractivity contribution in [3.63, 3.8) is 0 Å². The number of hydrogen-bond donors (Lipinski definition) is 0. The molecular weight excluding hydrogens is 296 g/mol. The molecule has 0 fully saturated rings. The zero-order valence-corrected chi connectivity index (χ0v) is 14.0. The molecule has 1 heterocycles. The van der Waals surface area contributed by atoms with Gasteiger partial charge in [0, 0.05) is 16.5 Å². The molecule has 3 rings (SSSR count). The summed E-state index contributed by atoms with van der Waals surface area (Å²) in [6, 6.07) is 19.3. The second kappa shape index (κ2) is 6.21. The van der Waals surface area contributed by atoms with Crippen LogP contribution in [0.5, 0.6) is 0 Å². The first-order valence-corrected chi connectivity index (χ1v) is 7.80. The first-order chi connectivity index (χ1) is 11.5. The van der Waals surface area contributed by atoms with E-state index in [0.29, 0.717) is 17.2 Å². The third kappa shape index (κ3) is 3.31. The summed E-state index contributed by atoms with van der Waals surface area (Å²) in [6.45, 7) is 6.25. The Labute approximate surface area is 141 Å². The fourth-order valence-corrected chi connectivity index (χ4v) is 2.25. The van der Waals surface area contributed by atoms with E-state index in [-0.39, 0.29) is 5.41 Å². The maximum Gasteiger partial charge on any atom is 0.163 e. The highest BCUT2D eigenvalue weighted by molar-refractivity contribution is 5.61. The minimum atomic E-state index is -0.187. The van der Waals surface area contributed by atoms with Gasteiger partial charge >= 0.3 is 0 Å². The molecule has 0 atom stereocenters. The molecular formula is C20H18N4. The smallest absolute Gasteiger partial charge is 0.163 e. The van der Waals surface area contributed by atoms with Gasteiger partial charge in [0.1, 0.15) is 5.82 Å². The average Bonchev–Trinajstić information content (AvgIpc) is 2.61. The molecule has 0 bridgehead atoms. The van der Waals surface area contributed by atoms with E-state index in [1.165, 1.54) is 0 Å². The molecule has 0 aliphatic heterocycles. The number of nitriles is 1. The Morgan fingerprint density at radius 2 is 1.29 bits per heavy atom. The highest BCUT2D eigenvalue weighted by Crippen LogP contribution is 2.25. The fraction of sp³-hybridized carbons (Fsp3) is 0.200. The monoisotopic (exact) mass is 314 g/mol. The molecule has 0 aliphatic rings. The Morgan fingerprint density at radius 3 is 1.79 bits per heavy atom. The lowest BCUT2D eigenvalue weighted by molar-refractivity contribution is 0.543. The zero-order valence-electron chi connectivity index (χ0n) is 14.0. The summed E-state index contributed by atoms with van der Waals surface area (Å²) >= 11 is 0. The van der Waals surface area contributed by atoms with Crippen molar-refractivity contribution in [3.8, 4) is 28.8 Å². The molecule has 0 amide bonds. The molecule has 0 radical (unpaired) electrons. The van der Waals surface area contributed by atoms with Crippen molar-refractivity contribution in [1.82, 2.24) is 15.0 Å². The summed E-state index contributed by atoms with van der Waals surface area (Å²) in [7, 11) is 0. The maximum absolute atomic E-state index is 8.95. The topological polar surface area (TPSA) is 62.5 Å². The standard InChI is InChI=1S/C20H18N4/c1-20(2,3)19-23-17(15-7-5-4-6-8-15)22-18(24-19)16-11-9-14(13-21)10-12-16/h4-12H,1-3H3. The molecule has 0 unspecified atom stereocenters. The SMILES string of the molecule is CC(C)(C)c1nc(-c2ccccc2)nc(-c2ccc(C#N)cc2)n1. The predicted molar refractivity (Wildman–Crippen MR) is 94.1 cm³/mol. The van der Waals surface area contributed by atoms with Crippen molar-refractivity contribution in [2.75, 3.05) is 0 Å². The van der Waals surface area contributed by atoms with Gasteiger partial charge in [-0.05, 0) is 24.3 Å². The van der Waals surface area contributed by atoms with Gasteiger partial charge in [0.05, 0.1) is 11.6 Å². The van der Waals surface area contributed by atoms with E-state index in [2.05, 4.69) is 41.8 Å². The number of benzene rings is 2. The normalized spacial score (nSPS) is 11.1. The molecule has 0 N–H and O–H groups in total. The van der Waals surface area contributed by atoms with Gasteiger partial charge in [-0.1, -0.05) is 51.1 Å². The quantitative estimate of drug-likeness (QED) is 0.704. The van der Waals surface area contributed by atoms with Gasteiger partial charge in [-0.2, -0.15) is 5.26 Å². The summed E-state index contributed by atoms with van der Waals surface area (Å²) in [6.07, 6.45) is 0. The highest BCUT2D eigenvalue weighted by atomic mass is 15.0. The number of nitrogens with zero attached hydrogens (tertiary/aromatic N) is 4. The Hall–Kier alpha value is -3.06. The van der Waals surface area contributed by atoms with Crippen molar-refractivity contribution in [2.24, 2.45) is 0 Å². The molecule has 2 aromatic carbocycles. The van der Waals surface area contributed by atoms with Gasteiger partial charge < -0.3 is 0 Å². The molecule has 4 nitrogen and oxygen atoms in total. The van der Waals surface area contributed by atoms with Gasteiger partial charge in [0.25, 0.3) is 0 Å². The molecule has 0 spiro atoms. The molecule has 0 saturated carbocycles. The van der Waals surface area contributed by atoms with E-state index in [0.717, 1.165) is 17.0 Å². The van der Waals surface area contributed by atoms with E-state index in [4.69, 9.17) is 5.26 Å². The summed E-state index contributed by atoms with van der Waals surface area (Å²) in [5.41, 5.74) is 2.26. The minimum absolute atomic E-state index is 0.187. The largest absolute Gasteiger partial charge is 0.212 e. The van der Waals surface area contributed by atoms with Crippen LogP contribution in [0.2, 0.25) is 0 Å². The van der Waals surface area contributed by atoms with Crippen LogP contribution >= 0.6 is 0 Å². The average molecular weight is 314 g/mol. The first kappa shape index (κ1) is 15.8. The summed E-state index contributed by atoms with van der Waals surface area (Å²) in [5.74, 6) is 2.03. The van der Waals surface area contributed by atoms with Gasteiger partial charge in [-0.15, -0.1) is 0 Å². The van der Waals surface area contributed by atoms with Crippen molar-refractivity contribution in [2.45, 2.75) is 26.2 Å².